The van der Waals surface area contributed by atoms with Crippen LogP contribution in [0.1, 0.15) is 22.1 Å². The highest BCUT2D eigenvalue weighted by molar-refractivity contribution is 5.97. The number of rotatable bonds is 5. The first-order chi connectivity index (χ1) is 14.0. The molecule has 0 radical (unpaired) electrons. The average Bonchev–Trinajstić information content (AvgIpc) is 3.16. The van der Waals surface area contributed by atoms with Gasteiger partial charge in [-0.15, -0.1) is 0 Å². The zero-order chi connectivity index (χ0) is 20.5. The van der Waals surface area contributed by atoms with Crippen LogP contribution in [0.25, 0.3) is 22.2 Å². The van der Waals surface area contributed by atoms with Crippen molar-refractivity contribution in [1.29, 1.82) is 0 Å². The number of Topliss-reactive ketones (excluding diaryl/α,β-unsaturated/α-hetero) is 1. The van der Waals surface area contributed by atoms with E-state index in [0.29, 0.717) is 33.9 Å². The molecule has 0 saturated carbocycles. The van der Waals surface area contributed by atoms with E-state index in [1.54, 1.807) is 19.1 Å². The molecule has 0 aliphatic rings. The Labute approximate surface area is 164 Å². The molecular formula is C21H15F2N3O3. The molecule has 4 rings (SSSR count). The minimum atomic E-state index is -0.972. The number of carbonyl (C=O) groups is 1. The van der Waals surface area contributed by atoms with Gasteiger partial charge in [0.2, 0.25) is 5.78 Å². The lowest BCUT2D eigenvalue weighted by molar-refractivity contribution is 0.0964. The summed E-state index contributed by atoms with van der Waals surface area (Å²) in [5, 5.41) is 0. The van der Waals surface area contributed by atoms with E-state index >= 15 is 0 Å². The van der Waals surface area contributed by atoms with Gasteiger partial charge in [-0.3, -0.25) is 9.78 Å². The summed E-state index contributed by atoms with van der Waals surface area (Å²) in [6.45, 7) is 1.64. The van der Waals surface area contributed by atoms with E-state index in [4.69, 9.17) is 9.15 Å². The Hall–Kier alpha value is -3.68. The molecule has 0 spiro atoms. The quantitative estimate of drug-likeness (QED) is 0.469. The summed E-state index contributed by atoms with van der Waals surface area (Å²) >= 11 is 0. The zero-order valence-electron chi connectivity index (χ0n) is 15.6. The normalized spacial score (nSPS) is 11.0. The van der Waals surface area contributed by atoms with Crippen LogP contribution < -0.4 is 4.74 Å². The lowest BCUT2D eigenvalue weighted by Gasteiger charge is -2.11. The molecule has 2 heterocycles. The summed E-state index contributed by atoms with van der Waals surface area (Å²) in [7, 11) is 1.47. The van der Waals surface area contributed by atoms with Crippen LogP contribution in [0.15, 0.2) is 47.1 Å². The average molecular weight is 395 g/mol. The van der Waals surface area contributed by atoms with Crippen molar-refractivity contribution in [1.82, 2.24) is 15.0 Å². The summed E-state index contributed by atoms with van der Waals surface area (Å²) < 4.78 is 38.6. The van der Waals surface area contributed by atoms with Crippen molar-refractivity contribution in [3.8, 4) is 16.9 Å². The van der Waals surface area contributed by atoms with Gasteiger partial charge in [-0.25, -0.2) is 18.7 Å². The van der Waals surface area contributed by atoms with Gasteiger partial charge < -0.3 is 9.15 Å². The molecule has 0 atom stereocenters. The number of aromatic nitrogens is 3. The van der Waals surface area contributed by atoms with Crippen LogP contribution >= 0.6 is 0 Å². The molecule has 2 aromatic carbocycles. The van der Waals surface area contributed by atoms with Crippen LogP contribution in [0.4, 0.5) is 8.78 Å². The molecule has 8 heteroatoms. The van der Waals surface area contributed by atoms with Gasteiger partial charge in [0.05, 0.1) is 25.4 Å². The molecule has 4 aromatic rings. The molecule has 29 heavy (non-hydrogen) atoms. The predicted octanol–water partition coefficient (Wildman–Crippen LogP) is 4.31. The molecule has 0 saturated heterocycles. The maximum Gasteiger partial charge on any atom is 0.205 e. The lowest BCUT2D eigenvalue weighted by Crippen LogP contribution is -2.05. The van der Waals surface area contributed by atoms with Gasteiger partial charge in [0, 0.05) is 24.2 Å². The highest BCUT2D eigenvalue weighted by Gasteiger charge is 2.18. The first-order valence-electron chi connectivity index (χ1n) is 8.70. The number of ether oxygens (including phenoxy) is 1. The Bertz CT molecular complexity index is 1240. The summed E-state index contributed by atoms with van der Waals surface area (Å²) in [5.74, 6) is -1.30. The highest BCUT2D eigenvalue weighted by atomic mass is 19.2. The van der Waals surface area contributed by atoms with E-state index in [1.165, 1.54) is 31.6 Å². The molecule has 0 aliphatic heterocycles. The largest absolute Gasteiger partial charge is 0.494 e. The van der Waals surface area contributed by atoms with Gasteiger partial charge in [-0.05, 0) is 18.2 Å². The fourth-order valence-corrected chi connectivity index (χ4v) is 3.03. The summed E-state index contributed by atoms with van der Waals surface area (Å²) in [6, 6.07) is 7.12. The van der Waals surface area contributed by atoms with Gasteiger partial charge in [0.25, 0.3) is 0 Å². The molecule has 0 aliphatic carbocycles. The number of ketones is 1. The third-order valence-electron chi connectivity index (χ3n) is 4.41. The Morgan fingerprint density at radius 2 is 1.90 bits per heavy atom. The van der Waals surface area contributed by atoms with Crippen molar-refractivity contribution in [3.63, 3.8) is 0 Å². The van der Waals surface area contributed by atoms with Gasteiger partial charge in [-0.1, -0.05) is 12.1 Å². The molecular weight excluding hydrogens is 380 g/mol. The van der Waals surface area contributed by atoms with Gasteiger partial charge in [-0.2, -0.15) is 0 Å². The van der Waals surface area contributed by atoms with Crippen LogP contribution in [0.3, 0.4) is 0 Å². The van der Waals surface area contributed by atoms with E-state index in [0.717, 1.165) is 6.07 Å². The number of hydrogen-bond donors (Lipinski definition) is 0. The minimum Gasteiger partial charge on any atom is -0.494 e. The molecule has 2 aromatic heterocycles. The SMILES string of the molecule is COc1ccc(-c2cccc(F)c2F)c2ncc(CC(=O)c3cnc(C)o3)nc12. The van der Waals surface area contributed by atoms with E-state index in [-0.39, 0.29) is 23.5 Å². The Kier molecular flexibility index (Phi) is 4.75. The van der Waals surface area contributed by atoms with Crippen molar-refractivity contribution in [2.45, 2.75) is 13.3 Å². The van der Waals surface area contributed by atoms with Crippen molar-refractivity contribution in [3.05, 3.63) is 71.7 Å². The molecule has 0 bridgehead atoms. The van der Waals surface area contributed by atoms with E-state index in [2.05, 4.69) is 15.0 Å². The van der Waals surface area contributed by atoms with E-state index in [9.17, 15) is 13.6 Å². The fourth-order valence-electron chi connectivity index (χ4n) is 3.03. The van der Waals surface area contributed by atoms with Crippen LogP contribution in [0, 0.1) is 18.6 Å². The second-order valence-corrected chi connectivity index (χ2v) is 6.32. The number of carbonyl (C=O) groups excluding carboxylic acids is 1. The zero-order valence-corrected chi connectivity index (χ0v) is 15.6. The number of fused-ring (bicyclic) bond motifs is 1. The summed E-state index contributed by atoms with van der Waals surface area (Å²) in [6.07, 6.45) is 2.72. The first-order valence-corrected chi connectivity index (χ1v) is 8.70. The summed E-state index contributed by atoms with van der Waals surface area (Å²) in [5.41, 5.74) is 1.49. The van der Waals surface area contributed by atoms with Crippen LogP contribution in [0.2, 0.25) is 0 Å². The number of aryl methyl sites for hydroxylation is 1. The Morgan fingerprint density at radius 1 is 1.07 bits per heavy atom. The van der Waals surface area contributed by atoms with Crippen molar-refractivity contribution >= 4 is 16.8 Å². The van der Waals surface area contributed by atoms with Crippen LogP contribution in [0.5, 0.6) is 5.75 Å². The third kappa shape index (κ3) is 3.44. The smallest absolute Gasteiger partial charge is 0.205 e. The molecule has 146 valence electrons. The van der Waals surface area contributed by atoms with E-state index < -0.39 is 11.6 Å². The highest BCUT2D eigenvalue weighted by Crippen LogP contribution is 2.34. The monoisotopic (exact) mass is 395 g/mol. The van der Waals surface area contributed by atoms with Crippen molar-refractivity contribution < 1.29 is 22.7 Å². The number of benzene rings is 2. The predicted molar refractivity (Wildman–Crippen MR) is 101 cm³/mol. The topological polar surface area (TPSA) is 78.1 Å². The molecule has 0 amide bonds. The van der Waals surface area contributed by atoms with Crippen LogP contribution in [-0.2, 0) is 6.42 Å². The number of halogens is 2. The van der Waals surface area contributed by atoms with Crippen molar-refractivity contribution in [2.24, 2.45) is 0 Å². The maximum absolute atomic E-state index is 14.3. The fraction of sp³-hybridized carbons (Fsp3) is 0.143. The molecule has 0 unspecified atom stereocenters. The molecule has 0 N–H and O–H groups in total. The number of oxazole rings is 1. The van der Waals surface area contributed by atoms with Crippen molar-refractivity contribution in [2.75, 3.05) is 7.11 Å². The van der Waals surface area contributed by atoms with Gasteiger partial charge in [0.15, 0.2) is 23.3 Å². The van der Waals surface area contributed by atoms with Gasteiger partial charge in [0.1, 0.15) is 16.8 Å². The second-order valence-electron chi connectivity index (χ2n) is 6.32. The lowest BCUT2D eigenvalue weighted by atomic mass is 10.0. The molecule has 0 fully saturated rings. The minimum absolute atomic E-state index is 0.0563. The second kappa shape index (κ2) is 7.38. The first kappa shape index (κ1) is 18.7. The standard InChI is InChI=1S/C21H15F2N3O3/c1-11-24-10-18(29-11)16(27)8-12-9-25-20-14(6-7-17(28-2)21(20)26-12)13-4-3-5-15(22)19(13)23/h3-7,9-10H,8H2,1-2H3. The maximum atomic E-state index is 14.3. The number of nitrogens with zero attached hydrogens (tertiary/aromatic N) is 3. The van der Waals surface area contributed by atoms with Crippen LogP contribution in [-0.4, -0.2) is 27.8 Å². The number of hydrogen-bond acceptors (Lipinski definition) is 6. The Balaban J connectivity index is 1.80. The summed E-state index contributed by atoms with van der Waals surface area (Å²) in [4.78, 5) is 25.1. The van der Waals surface area contributed by atoms with Gasteiger partial charge >= 0.3 is 0 Å². The number of methoxy groups -OCH3 is 1. The van der Waals surface area contributed by atoms with E-state index in [1.807, 2.05) is 0 Å². The third-order valence-corrected chi connectivity index (χ3v) is 4.41. The molecule has 6 nitrogen and oxygen atoms in total. The Morgan fingerprint density at radius 3 is 2.62 bits per heavy atom.